The van der Waals surface area contributed by atoms with Crippen LogP contribution in [0.2, 0.25) is 0 Å². The molecule has 1 heterocycles. The first-order valence-electron chi connectivity index (χ1n) is 6.14. The van der Waals surface area contributed by atoms with E-state index in [-0.39, 0.29) is 5.75 Å². The minimum absolute atomic E-state index is 0.0941. The van der Waals surface area contributed by atoms with E-state index in [1.54, 1.807) is 19.1 Å². The molecule has 0 saturated heterocycles. The molecule has 0 aromatic carbocycles. The van der Waals surface area contributed by atoms with Gasteiger partial charge in [-0.05, 0) is 38.8 Å². The molecule has 5 nitrogen and oxygen atoms in total. The highest BCUT2D eigenvalue weighted by atomic mass is 32.2. The van der Waals surface area contributed by atoms with Crippen molar-refractivity contribution in [3.8, 4) is 0 Å². The Balaban J connectivity index is 1.93. The number of nitrogens with zero attached hydrogens (tertiary/aromatic N) is 1. The third kappa shape index (κ3) is 3.96. The zero-order valence-electron chi connectivity index (χ0n) is 10.7. The highest BCUT2D eigenvalue weighted by Gasteiger charge is 2.21. The number of rotatable bonds is 6. The summed E-state index contributed by atoms with van der Waals surface area (Å²) in [6.45, 7) is 4.18. The standard InChI is InChI=1S/C12H19N3O2S/c1-9-3-6-12(10(2)14-9)15-18(16,17)8-7-13-11-4-5-11/h3,6,11,13,15H,4-5,7-8H2,1-2H3. The van der Waals surface area contributed by atoms with Crippen molar-refractivity contribution in [1.29, 1.82) is 0 Å². The summed E-state index contributed by atoms with van der Waals surface area (Å²) in [5, 5.41) is 3.19. The van der Waals surface area contributed by atoms with E-state index in [1.165, 1.54) is 0 Å². The Kier molecular flexibility index (Phi) is 3.87. The lowest BCUT2D eigenvalue weighted by Gasteiger charge is -2.10. The second-order valence-corrected chi connectivity index (χ2v) is 6.58. The van der Waals surface area contributed by atoms with Gasteiger partial charge in [-0.25, -0.2) is 8.42 Å². The van der Waals surface area contributed by atoms with Gasteiger partial charge in [-0.1, -0.05) is 0 Å². The summed E-state index contributed by atoms with van der Waals surface area (Å²) in [7, 11) is -3.29. The molecule has 0 amide bonds. The molecule has 0 aliphatic heterocycles. The summed E-state index contributed by atoms with van der Waals surface area (Å²) in [5.41, 5.74) is 2.14. The summed E-state index contributed by atoms with van der Waals surface area (Å²) >= 11 is 0. The SMILES string of the molecule is Cc1ccc(NS(=O)(=O)CCNC2CC2)c(C)n1. The Bertz CT molecular complexity index is 524. The summed E-state index contributed by atoms with van der Waals surface area (Å²) in [6, 6.07) is 4.08. The quantitative estimate of drug-likeness (QED) is 0.814. The van der Waals surface area contributed by atoms with Crippen LogP contribution in [-0.4, -0.2) is 31.7 Å². The number of hydrogen-bond donors (Lipinski definition) is 2. The molecule has 2 N–H and O–H groups in total. The molecule has 2 rings (SSSR count). The molecule has 1 aliphatic rings. The van der Waals surface area contributed by atoms with Crippen LogP contribution in [0.15, 0.2) is 12.1 Å². The number of hydrogen-bond acceptors (Lipinski definition) is 4. The van der Waals surface area contributed by atoms with E-state index in [9.17, 15) is 8.42 Å². The summed E-state index contributed by atoms with van der Waals surface area (Å²) in [4.78, 5) is 4.23. The van der Waals surface area contributed by atoms with E-state index in [2.05, 4.69) is 15.0 Å². The minimum Gasteiger partial charge on any atom is -0.313 e. The van der Waals surface area contributed by atoms with Gasteiger partial charge in [-0.2, -0.15) is 0 Å². The molecule has 0 atom stereocenters. The number of anilines is 1. The Hall–Kier alpha value is -1.14. The van der Waals surface area contributed by atoms with Gasteiger partial charge >= 0.3 is 0 Å². The van der Waals surface area contributed by atoms with Gasteiger partial charge in [0.25, 0.3) is 0 Å². The minimum atomic E-state index is -3.29. The van der Waals surface area contributed by atoms with Gasteiger partial charge in [0.15, 0.2) is 0 Å². The van der Waals surface area contributed by atoms with Gasteiger partial charge in [0.2, 0.25) is 10.0 Å². The number of nitrogens with one attached hydrogen (secondary N) is 2. The van der Waals surface area contributed by atoms with Crippen LogP contribution in [-0.2, 0) is 10.0 Å². The Labute approximate surface area is 108 Å². The van der Waals surface area contributed by atoms with E-state index < -0.39 is 10.0 Å². The molecule has 1 saturated carbocycles. The molecule has 0 bridgehead atoms. The van der Waals surface area contributed by atoms with Crippen molar-refractivity contribution in [3.05, 3.63) is 23.5 Å². The molecule has 1 aromatic heterocycles. The van der Waals surface area contributed by atoms with E-state index in [1.807, 2.05) is 6.92 Å². The first-order chi connectivity index (χ1) is 8.46. The highest BCUT2D eigenvalue weighted by Crippen LogP contribution is 2.18. The molecular weight excluding hydrogens is 250 g/mol. The maximum Gasteiger partial charge on any atom is 0.234 e. The lowest BCUT2D eigenvalue weighted by atomic mass is 10.3. The predicted octanol–water partition coefficient (Wildman–Crippen LogP) is 1.19. The van der Waals surface area contributed by atoms with Crippen molar-refractivity contribution in [1.82, 2.24) is 10.3 Å². The van der Waals surface area contributed by atoms with Crippen LogP contribution in [0, 0.1) is 13.8 Å². The van der Waals surface area contributed by atoms with Crippen LogP contribution in [0.4, 0.5) is 5.69 Å². The zero-order valence-corrected chi connectivity index (χ0v) is 11.5. The molecule has 6 heteroatoms. The van der Waals surface area contributed by atoms with Crippen molar-refractivity contribution in [2.24, 2.45) is 0 Å². The molecule has 1 aliphatic carbocycles. The summed E-state index contributed by atoms with van der Waals surface area (Å²) in [5.74, 6) is 0.0941. The van der Waals surface area contributed by atoms with E-state index in [0.29, 0.717) is 24.0 Å². The molecule has 18 heavy (non-hydrogen) atoms. The highest BCUT2D eigenvalue weighted by molar-refractivity contribution is 7.92. The van der Waals surface area contributed by atoms with Crippen molar-refractivity contribution >= 4 is 15.7 Å². The fourth-order valence-corrected chi connectivity index (χ4v) is 2.74. The van der Waals surface area contributed by atoms with Crippen molar-refractivity contribution in [2.45, 2.75) is 32.7 Å². The van der Waals surface area contributed by atoms with Gasteiger partial charge in [-0.3, -0.25) is 9.71 Å². The zero-order chi connectivity index (χ0) is 13.2. The summed E-state index contributed by atoms with van der Waals surface area (Å²) in [6.07, 6.45) is 2.32. The fraction of sp³-hybridized carbons (Fsp3) is 0.583. The third-order valence-corrected chi connectivity index (χ3v) is 4.14. The summed E-state index contributed by atoms with van der Waals surface area (Å²) < 4.78 is 26.3. The van der Waals surface area contributed by atoms with Gasteiger partial charge in [0.05, 0.1) is 17.1 Å². The van der Waals surface area contributed by atoms with E-state index in [4.69, 9.17) is 0 Å². The van der Waals surface area contributed by atoms with Crippen LogP contribution in [0.1, 0.15) is 24.2 Å². The molecule has 1 aromatic rings. The molecule has 0 unspecified atom stereocenters. The first-order valence-corrected chi connectivity index (χ1v) is 7.80. The van der Waals surface area contributed by atoms with Crippen LogP contribution < -0.4 is 10.0 Å². The van der Waals surface area contributed by atoms with Crippen LogP contribution in [0.25, 0.3) is 0 Å². The third-order valence-electron chi connectivity index (χ3n) is 2.87. The number of aryl methyl sites for hydroxylation is 2. The Morgan fingerprint density at radius 1 is 1.33 bits per heavy atom. The smallest absolute Gasteiger partial charge is 0.234 e. The lowest BCUT2D eigenvalue weighted by Crippen LogP contribution is -2.28. The monoisotopic (exact) mass is 269 g/mol. The average molecular weight is 269 g/mol. The molecule has 0 radical (unpaired) electrons. The van der Waals surface area contributed by atoms with E-state index >= 15 is 0 Å². The maximum atomic E-state index is 11.9. The topological polar surface area (TPSA) is 71.1 Å². The second-order valence-electron chi connectivity index (χ2n) is 4.73. The van der Waals surface area contributed by atoms with Gasteiger partial charge in [0.1, 0.15) is 0 Å². The van der Waals surface area contributed by atoms with Crippen molar-refractivity contribution < 1.29 is 8.42 Å². The van der Waals surface area contributed by atoms with E-state index in [0.717, 1.165) is 18.5 Å². The number of sulfonamides is 1. The van der Waals surface area contributed by atoms with Crippen molar-refractivity contribution in [2.75, 3.05) is 17.0 Å². The largest absolute Gasteiger partial charge is 0.313 e. The predicted molar refractivity (Wildman–Crippen MR) is 72.1 cm³/mol. The van der Waals surface area contributed by atoms with Gasteiger partial charge in [-0.15, -0.1) is 0 Å². The Morgan fingerprint density at radius 2 is 2.06 bits per heavy atom. The first kappa shape index (κ1) is 13.3. The molecular formula is C12H19N3O2S. The number of pyridine rings is 1. The molecule has 0 spiro atoms. The maximum absolute atomic E-state index is 11.9. The van der Waals surface area contributed by atoms with Crippen molar-refractivity contribution in [3.63, 3.8) is 0 Å². The Morgan fingerprint density at radius 3 is 2.67 bits per heavy atom. The van der Waals surface area contributed by atoms with Crippen LogP contribution >= 0.6 is 0 Å². The molecule has 1 fully saturated rings. The van der Waals surface area contributed by atoms with Crippen LogP contribution in [0.5, 0.6) is 0 Å². The average Bonchev–Trinajstić information content (AvgIpc) is 3.06. The van der Waals surface area contributed by atoms with Crippen LogP contribution in [0.3, 0.4) is 0 Å². The molecule has 100 valence electrons. The number of aromatic nitrogens is 1. The lowest BCUT2D eigenvalue weighted by molar-refractivity contribution is 0.595. The fourth-order valence-electron chi connectivity index (χ4n) is 1.70. The second kappa shape index (κ2) is 5.24. The normalized spacial score (nSPS) is 15.7. The van der Waals surface area contributed by atoms with Gasteiger partial charge < -0.3 is 5.32 Å². The van der Waals surface area contributed by atoms with Gasteiger partial charge in [0, 0.05) is 18.3 Å².